The Hall–Kier alpha value is -5.05. The summed E-state index contributed by atoms with van der Waals surface area (Å²) >= 11 is 0. The number of nitrogens with one attached hydrogen (secondary N) is 2. The van der Waals surface area contributed by atoms with Crippen LogP contribution in [0, 0.1) is 0 Å². The quantitative estimate of drug-likeness (QED) is 0.297. The lowest BCUT2D eigenvalue weighted by atomic mass is 10.1. The number of fused-ring (bicyclic) bond motifs is 2. The molecule has 9 heteroatoms. The lowest BCUT2D eigenvalue weighted by molar-refractivity contribution is 0.186. The Balaban J connectivity index is 1.45. The number of carbonyl (C=O) groups is 2. The third-order valence-electron chi connectivity index (χ3n) is 5.40. The first kappa shape index (κ1) is 21.8. The van der Waals surface area contributed by atoms with Crippen LogP contribution in [0.5, 0.6) is 11.5 Å². The number of primary amides is 1. The molecule has 9 nitrogen and oxygen atoms in total. The van der Waals surface area contributed by atoms with E-state index in [1.54, 1.807) is 42.5 Å². The van der Waals surface area contributed by atoms with Crippen LogP contribution in [0.1, 0.15) is 0 Å². The van der Waals surface area contributed by atoms with E-state index in [2.05, 4.69) is 20.0 Å². The van der Waals surface area contributed by atoms with Crippen molar-refractivity contribution in [1.82, 2.24) is 9.97 Å². The fourth-order valence-electron chi connectivity index (χ4n) is 3.87. The average molecular weight is 467 g/mol. The summed E-state index contributed by atoms with van der Waals surface area (Å²) in [6.07, 6.45) is -0.623. The molecule has 0 saturated carbocycles. The van der Waals surface area contributed by atoms with Gasteiger partial charge in [-0.15, -0.1) is 0 Å². The van der Waals surface area contributed by atoms with Gasteiger partial charge in [0.2, 0.25) is 5.95 Å². The number of H-pyrrole nitrogens is 1. The Morgan fingerprint density at radius 2 is 1.71 bits per heavy atom. The van der Waals surface area contributed by atoms with E-state index >= 15 is 0 Å². The third-order valence-corrected chi connectivity index (χ3v) is 5.40. The summed E-state index contributed by atoms with van der Waals surface area (Å²) in [5.41, 5.74) is 8.36. The van der Waals surface area contributed by atoms with Gasteiger partial charge in [0.15, 0.2) is 0 Å². The van der Waals surface area contributed by atoms with Crippen molar-refractivity contribution in [3.63, 3.8) is 0 Å². The van der Waals surface area contributed by atoms with Gasteiger partial charge in [0.05, 0.1) is 29.5 Å². The summed E-state index contributed by atoms with van der Waals surface area (Å²) in [6, 6.07) is 25.3. The number of rotatable bonds is 5. The molecule has 174 valence electrons. The number of anilines is 3. The van der Waals surface area contributed by atoms with Crippen LogP contribution in [-0.2, 0) is 4.74 Å². The largest absolute Gasteiger partial charge is 0.457 e. The number of nitrogens with two attached hydrogens (primary N) is 1. The Morgan fingerprint density at radius 1 is 0.943 bits per heavy atom. The molecule has 0 bridgehead atoms. The van der Waals surface area contributed by atoms with E-state index in [9.17, 15) is 9.59 Å². The van der Waals surface area contributed by atoms with Crippen LogP contribution in [0.15, 0.2) is 84.9 Å². The lowest BCUT2D eigenvalue weighted by Gasteiger charge is -2.23. The fraction of sp³-hybridized carbons (Fsp3) is 0.0385. The molecule has 0 spiro atoms. The van der Waals surface area contributed by atoms with Gasteiger partial charge in [0, 0.05) is 17.5 Å². The smallest absolute Gasteiger partial charge is 0.413 e. The normalized spacial score (nSPS) is 10.8. The zero-order valence-electron chi connectivity index (χ0n) is 18.7. The Morgan fingerprint density at radius 3 is 2.54 bits per heavy atom. The van der Waals surface area contributed by atoms with E-state index in [1.165, 1.54) is 12.0 Å². The highest BCUT2D eigenvalue weighted by molar-refractivity contribution is 6.07. The van der Waals surface area contributed by atoms with Gasteiger partial charge in [-0.05, 0) is 35.7 Å². The van der Waals surface area contributed by atoms with Crippen LogP contribution in [0.4, 0.5) is 26.9 Å². The molecule has 35 heavy (non-hydrogen) atoms. The number of aromatic nitrogens is 2. The molecule has 4 aromatic carbocycles. The molecule has 0 aliphatic carbocycles. The van der Waals surface area contributed by atoms with E-state index in [0.717, 1.165) is 10.8 Å². The zero-order chi connectivity index (χ0) is 24.4. The highest BCUT2D eigenvalue weighted by Crippen LogP contribution is 2.35. The monoisotopic (exact) mass is 467 g/mol. The number of hydrogen-bond acceptors (Lipinski definition) is 5. The van der Waals surface area contributed by atoms with Crippen molar-refractivity contribution in [3.05, 3.63) is 84.9 Å². The maximum atomic E-state index is 12.5. The molecule has 0 unspecified atom stereocenters. The second-order valence-electron chi connectivity index (χ2n) is 7.65. The van der Waals surface area contributed by atoms with Crippen molar-refractivity contribution < 1.29 is 19.1 Å². The number of benzene rings is 4. The molecule has 0 aliphatic heterocycles. The molecule has 1 aromatic heterocycles. The molecule has 0 saturated heterocycles. The molecule has 5 rings (SSSR count). The summed E-state index contributed by atoms with van der Waals surface area (Å²) in [6.45, 7) is 0. The lowest BCUT2D eigenvalue weighted by Crippen LogP contribution is -2.31. The number of nitrogens with zero attached hydrogens (tertiary/aromatic N) is 2. The topological polar surface area (TPSA) is 123 Å². The summed E-state index contributed by atoms with van der Waals surface area (Å²) in [4.78, 5) is 32.7. The van der Waals surface area contributed by atoms with Crippen LogP contribution >= 0.6 is 0 Å². The van der Waals surface area contributed by atoms with Crippen LogP contribution < -0.4 is 20.7 Å². The maximum Gasteiger partial charge on any atom is 0.413 e. The fourth-order valence-corrected chi connectivity index (χ4v) is 3.87. The van der Waals surface area contributed by atoms with Gasteiger partial charge in [0.1, 0.15) is 11.5 Å². The summed E-state index contributed by atoms with van der Waals surface area (Å²) in [5.74, 6) is 1.32. The van der Waals surface area contributed by atoms with E-state index in [0.29, 0.717) is 33.9 Å². The molecular formula is C26H21N5O4. The summed E-state index contributed by atoms with van der Waals surface area (Å²) < 4.78 is 10.6. The number of imidazole rings is 1. The van der Waals surface area contributed by atoms with Crippen molar-refractivity contribution in [3.8, 4) is 11.5 Å². The third kappa shape index (κ3) is 4.42. The number of ether oxygens (including phenoxy) is 2. The van der Waals surface area contributed by atoms with E-state index in [4.69, 9.17) is 10.5 Å². The first-order valence-corrected chi connectivity index (χ1v) is 10.7. The predicted molar refractivity (Wildman–Crippen MR) is 134 cm³/mol. The number of hydrogen-bond donors (Lipinski definition) is 3. The minimum absolute atomic E-state index is 0.262. The molecule has 3 amide bonds. The number of urea groups is 1. The van der Waals surface area contributed by atoms with Crippen molar-refractivity contribution in [1.29, 1.82) is 0 Å². The van der Waals surface area contributed by atoms with Gasteiger partial charge >= 0.3 is 12.1 Å². The maximum absolute atomic E-state index is 12.5. The van der Waals surface area contributed by atoms with E-state index < -0.39 is 12.1 Å². The second-order valence-corrected chi connectivity index (χ2v) is 7.65. The van der Waals surface area contributed by atoms with Gasteiger partial charge in [-0.2, -0.15) is 0 Å². The van der Waals surface area contributed by atoms with Gasteiger partial charge in [-0.1, -0.05) is 42.5 Å². The first-order valence-electron chi connectivity index (χ1n) is 10.7. The van der Waals surface area contributed by atoms with Gasteiger partial charge in [-0.25, -0.2) is 14.6 Å². The molecule has 0 aliphatic rings. The summed E-state index contributed by atoms with van der Waals surface area (Å²) in [7, 11) is 1.28. The minimum atomic E-state index is -0.623. The molecule has 0 radical (unpaired) electrons. The van der Waals surface area contributed by atoms with Crippen molar-refractivity contribution >= 4 is 51.3 Å². The molecule has 0 fully saturated rings. The minimum Gasteiger partial charge on any atom is -0.457 e. The molecule has 0 atom stereocenters. The highest BCUT2D eigenvalue weighted by atomic mass is 16.5. The summed E-state index contributed by atoms with van der Waals surface area (Å²) in [5, 5.41) is 4.39. The molecule has 1 heterocycles. The Bertz CT molecular complexity index is 1560. The van der Waals surface area contributed by atoms with Crippen molar-refractivity contribution in [2.45, 2.75) is 0 Å². The Kier molecular flexibility index (Phi) is 5.64. The molecule has 5 aromatic rings. The highest BCUT2D eigenvalue weighted by Gasteiger charge is 2.18. The molecule has 4 N–H and O–H groups in total. The molecular weight excluding hydrogens is 446 g/mol. The van der Waals surface area contributed by atoms with Crippen LogP contribution in [0.25, 0.3) is 21.8 Å². The van der Waals surface area contributed by atoms with E-state index in [1.807, 2.05) is 42.5 Å². The van der Waals surface area contributed by atoms with Gasteiger partial charge in [-0.3, -0.25) is 10.2 Å². The van der Waals surface area contributed by atoms with E-state index in [-0.39, 0.29) is 5.95 Å². The number of amides is 3. The average Bonchev–Trinajstić information content (AvgIpc) is 3.26. The first-order chi connectivity index (χ1) is 17.0. The number of aromatic amines is 1. The van der Waals surface area contributed by atoms with Crippen molar-refractivity contribution in [2.75, 3.05) is 17.3 Å². The predicted octanol–water partition coefficient (Wildman–Crippen LogP) is 5.90. The number of carbonyl (C=O) groups excluding carboxylic acids is 2. The standard InChI is InChI=1S/C26H21N5O4/c1-34-26(33)30-25-28-21-13-12-19(15-22(21)29-25)35-18-9-5-8-17(14-18)31(24(27)32)23-11-4-7-16-6-2-3-10-20(16)23/h2-15H,1H3,(H2,27,32)(H2,28,29,30,33). The zero-order valence-corrected chi connectivity index (χ0v) is 18.7. The van der Waals surface area contributed by atoms with Gasteiger partial charge in [0.25, 0.3) is 0 Å². The van der Waals surface area contributed by atoms with Crippen molar-refractivity contribution in [2.24, 2.45) is 5.73 Å². The van der Waals surface area contributed by atoms with Gasteiger partial charge < -0.3 is 20.2 Å². The van der Waals surface area contributed by atoms with Crippen LogP contribution in [0.3, 0.4) is 0 Å². The number of methoxy groups -OCH3 is 1. The SMILES string of the molecule is COC(=O)Nc1nc2ccc(Oc3cccc(N(C(N)=O)c4cccc5ccccc45)c3)cc2[nH]1. The second kappa shape index (κ2) is 9.06. The van der Waals surface area contributed by atoms with Crippen LogP contribution in [-0.4, -0.2) is 29.2 Å². The Labute approximate surface area is 200 Å². The van der Waals surface area contributed by atoms with Crippen LogP contribution in [0.2, 0.25) is 0 Å².